The highest BCUT2D eigenvalue weighted by Crippen LogP contribution is 2.29. The van der Waals surface area contributed by atoms with Crippen molar-refractivity contribution in [3.05, 3.63) is 53.6 Å². The van der Waals surface area contributed by atoms with Crippen LogP contribution in [0.3, 0.4) is 0 Å². The van der Waals surface area contributed by atoms with E-state index in [1.54, 1.807) is 32.4 Å². The van der Waals surface area contributed by atoms with Crippen LogP contribution in [0, 0.1) is 12.8 Å². The smallest absolute Gasteiger partial charge is 0.238 e. The predicted molar refractivity (Wildman–Crippen MR) is 113 cm³/mol. The number of aryl methyl sites for hydroxylation is 1. The van der Waals surface area contributed by atoms with Crippen molar-refractivity contribution in [2.45, 2.75) is 19.8 Å². The third-order valence-electron chi connectivity index (χ3n) is 5.33. The van der Waals surface area contributed by atoms with Crippen molar-refractivity contribution in [3.8, 4) is 11.5 Å². The second-order valence-corrected chi connectivity index (χ2v) is 7.40. The number of methoxy groups -OCH3 is 2. The first-order valence-corrected chi connectivity index (χ1v) is 9.85. The standard InChI is InChI=1S/C23H28N2O4/c1-16-4-6-17(7-5-16)23(27)18-10-12-25(13-11-18)15-22(26)24-19-8-9-20(28-2)21(14-19)29-3/h4-9,14,18H,10-13,15H2,1-3H3,(H,24,26). The second kappa shape index (κ2) is 9.56. The minimum atomic E-state index is -0.0828. The van der Waals surface area contributed by atoms with Gasteiger partial charge in [0.1, 0.15) is 0 Å². The molecular formula is C23H28N2O4. The molecule has 6 nitrogen and oxygen atoms in total. The van der Waals surface area contributed by atoms with Gasteiger partial charge < -0.3 is 14.8 Å². The number of hydrogen-bond donors (Lipinski definition) is 1. The van der Waals surface area contributed by atoms with Gasteiger partial charge in [-0.3, -0.25) is 14.5 Å². The van der Waals surface area contributed by atoms with Crippen LogP contribution in [-0.2, 0) is 4.79 Å². The number of nitrogens with zero attached hydrogens (tertiary/aromatic N) is 1. The molecule has 29 heavy (non-hydrogen) atoms. The minimum absolute atomic E-state index is 0.0304. The first-order valence-electron chi connectivity index (χ1n) is 9.85. The Morgan fingerprint density at radius 2 is 1.66 bits per heavy atom. The lowest BCUT2D eigenvalue weighted by atomic mass is 9.88. The Morgan fingerprint density at radius 3 is 2.28 bits per heavy atom. The molecule has 0 atom stereocenters. The zero-order chi connectivity index (χ0) is 20.8. The lowest BCUT2D eigenvalue weighted by Crippen LogP contribution is -2.40. The fraction of sp³-hybridized carbons (Fsp3) is 0.391. The molecule has 0 spiro atoms. The molecule has 6 heteroatoms. The van der Waals surface area contributed by atoms with Crippen LogP contribution in [0.2, 0.25) is 0 Å². The first kappa shape index (κ1) is 20.9. The van der Waals surface area contributed by atoms with Gasteiger partial charge in [0, 0.05) is 23.2 Å². The highest BCUT2D eigenvalue weighted by atomic mass is 16.5. The molecule has 0 aliphatic carbocycles. The Balaban J connectivity index is 1.49. The van der Waals surface area contributed by atoms with Gasteiger partial charge in [0.25, 0.3) is 0 Å². The van der Waals surface area contributed by atoms with Gasteiger partial charge in [-0.1, -0.05) is 29.8 Å². The molecular weight excluding hydrogens is 368 g/mol. The van der Waals surface area contributed by atoms with Crippen LogP contribution in [0.5, 0.6) is 11.5 Å². The molecule has 1 aliphatic rings. The number of carbonyl (C=O) groups excluding carboxylic acids is 2. The van der Waals surface area contributed by atoms with Crippen LogP contribution in [0.25, 0.3) is 0 Å². The van der Waals surface area contributed by atoms with E-state index in [9.17, 15) is 9.59 Å². The van der Waals surface area contributed by atoms with Crippen molar-refractivity contribution >= 4 is 17.4 Å². The summed E-state index contributed by atoms with van der Waals surface area (Å²) in [7, 11) is 3.13. The SMILES string of the molecule is COc1ccc(NC(=O)CN2CCC(C(=O)c3ccc(C)cc3)CC2)cc1OC. The van der Waals surface area contributed by atoms with Gasteiger partial charge in [-0.25, -0.2) is 0 Å². The van der Waals surface area contributed by atoms with E-state index in [0.717, 1.165) is 37.1 Å². The molecule has 2 aromatic rings. The number of nitrogens with one attached hydrogen (secondary N) is 1. The van der Waals surface area contributed by atoms with Crippen molar-refractivity contribution < 1.29 is 19.1 Å². The largest absolute Gasteiger partial charge is 0.493 e. The third-order valence-corrected chi connectivity index (χ3v) is 5.33. The van der Waals surface area contributed by atoms with E-state index < -0.39 is 0 Å². The van der Waals surface area contributed by atoms with Gasteiger partial charge in [0.05, 0.1) is 20.8 Å². The van der Waals surface area contributed by atoms with Crippen molar-refractivity contribution in [2.75, 3.05) is 39.2 Å². The number of hydrogen-bond acceptors (Lipinski definition) is 5. The summed E-state index contributed by atoms with van der Waals surface area (Å²) in [6.45, 7) is 3.79. The normalized spacial score (nSPS) is 15.0. The first-order chi connectivity index (χ1) is 14.0. The van der Waals surface area contributed by atoms with Crippen LogP contribution < -0.4 is 14.8 Å². The van der Waals surface area contributed by atoms with Gasteiger partial charge in [0.15, 0.2) is 17.3 Å². The molecule has 1 aliphatic heterocycles. The summed E-state index contributed by atoms with van der Waals surface area (Å²) < 4.78 is 10.5. The van der Waals surface area contributed by atoms with Crippen molar-refractivity contribution in [2.24, 2.45) is 5.92 Å². The average molecular weight is 396 g/mol. The molecule has 1 fully saturated rings. The molecule has 0 saturated carbocycles. The lowest BCUT2D eigenvalue weighted by molar-refractivity contribution is -0.117. The van der Waals surface area contributed by atoms with Gasteiger partial charge in [-0.05, 0) is 45.0 Å². The Bertz CT molecular complexity index is 856. The fourth-order valence-electron chi connectivity index (χ4n) is 3.62. The maximum Gasteiger partial charge on any atom is 0.238 e. The molecule has 0 aromatic heterocycles. The summed E-state index contributed by atoms with van der Waals surface area (Å²) in [5.74, 6) is 1.34. The summed E-state index contributed by atoms with van der Waals surface area (Å²) in [5.41, 5.74) is 2.59. The topological polar surface area (TPSA) is 67.9 Å². The average Bonchev–Trinajstić information content (AvgIpc) is 2.74. The Hall–Kier alpha value is -2.86. The summed E-state index contributed by atoms with van der Waals surface area (Å²) in [6.07, 6.45) is 1.55. The van der Waals surface area contributed by atoms with Crippen LogP contribution in [0.1, 0.15) is 28.8 Å². The van der Waals surface area contributed by atoms with Crippen molar-refractivity contribution in [3.63, 3.8) is 0 Å². The number of ketones is 1. The zero-order valence-corrected chi connectivity index (χ0v) is 17.2. The number of ether oxygens (including phenoxy) is 2. The third kappa shape index (κ3) is 5.35. The van der Waals surface area contributed by atoms with Crippen LogP contribution in [-0.4, -0.2) is 50.4 Å². The van der Waals surface area contributed by atoms with Crippen molar-refractivity contribution in [1.29, 1.82) is 0 Å². The van der Waals surface area contributed by atoms with E-state index in [-0.39, 0.29) is 17.6 Å². The monoisotopic (exact) mass is 396 g/mol. The molecule has 1 amide bonds. The number of anilines is 1. The molecule has 1 N–H and O–H groups in total. The summed E-state index contributed by atoms with van der Waals surface area (Å²) >= 11 is 0. The van der Waals surface area contributed by atoms with Gasteiger partial charge >= 0.3 is 0 Å². The quantitative estimate of drug-likeness (QED) is 0.725. The molecule has 2 aromatic carbocycles. The van der Waals surface area contributed by atoms with E-state index in [4.69, 9.17) is 9.47 Å². The highest BCUT2D eigenvalue weighted by molar-refractivity contribution is 5.98. The van der Waals surface area contributed by atoms with E-state index in [1.807, 2.05) is 31.2 Å². The van der Waals surface area contributed by atoms with Crippen LogP contribution in [0.15, 0.2) is 42.5 Å². The Kier molecular flexibility index (Phi) is 6.88. The lowest BCUT2D eigenvalue weighted by Gasteiger charge is -2.30. The van der Waals surface area contributed by atoms with E-state index in [2.05, 4.69) is 10.2 Å². The second-order valence-electron chi connectivity index (χ2n) is 7.40. The Labute approximate surface area is 171 Å². The van der Waals surface area contributed by atoms with E-state index >= 15 is 0 Å². The van der Waals surface area contributed by atoms with Crippen molar-refractivity contribution in [1.82, 2.24) is 4.90 Å². The van der Waals surface area contributed by atoms with Crippen LogP contribution in [0.4, 0.5) is 5.69 Å². The summed E-state index contributed by atoms with van der Waals surface area (Å²) in [6, 6.07) is 13.0. The molecule has 154 valence electrons. The number of piperidine rings is 1. The number of benzene rings is 2. The van der Waals surface area contributed by atoms with Gasteiger partial charge in [-0.15, -0.1) is 0 Å². The number of Topliss-reactive ketones (excluding diaryl/α,β-unsaturated/α-hetero) is 1. The minimum Gasteiger partial charge on any atom is -0.493 e. The predicted octanol–water partition coefficient (Wildman–Crippen LogP) is 3.55. The maximum atomic E-state index is 12.7. The highest BCUT2D eigenvalue weighted by Gasteiger charge is 2.26. The number of rotatable bonds is 7. The number of likely N-dealkylation sites (tertiary alicyclic amines) is 1. The maximum absolute atomic E-state index is 12.7. The molecule has 0 radical (unpaired) electrons. The number of amides is 1. The fourth-order valence-corrected chi connectivity index (χ4v) is 3.62. The zero-order valence-electron chi connectivity index (χ0n) is 17.2. The molecule has 1 heterocycles. The Morgan fingerprint density at radius 1 is 1.00 bits per heavy atom. The van der Waals surface area contributed by atoms with Gasteiger partial charge in [0.2, 0.25) is 5.91 Å². The van der Waals surface area contributed by atoms with Gasteiger partial charge in [-0.2, -0.15) is 0 Å². The molecule has 0 bridgehead atoms. The molecule has 1 saturated heterocycles. The number of carbonyl (C=O) groups is 2. The molecule has 3 rings (SSSR count). The molecule has 0 unspecified atom stereocenters. The summed E-state index contributed by atoms with van der Waals surface area (Å²) in [5, 5.41) is 2.90. The van der Waals surface area contributed by atoms with Crippen LogP contribution >= 0.6 is 0 Å². The van der Waals surface area contributed by atoms with E-state index in [0.29, 0.717) is 23.7 Å². The van der Waals surface area contributed by atoms with E-state index in [1.165, 1.54) is 0 Å². The summed E-state index contributed by atoms with van der Waals surface area (Å²) in [4.78, 5) is 27.2.